The van der Waals surface area contributed by atoms with Crippen molar-refractivity contribution in [1.82, 2.24) is 5.16 Å². The highest BCUT2D eigenvalue weighted by atomic mass is 16.5. The standard InChI is InChI=1S/C11H9NO3/c13-7-9-3-1-2-4-11(9)14-8-10-5-6-15-12-10/h1-7H,8H2. The summed E-state index contributed by atoms with van der Waals surface area (Å²) in [5, 5.41) is 3.70. The first kappa shape index (κ1) is 9.45. The van der Waals surface area contributed by atoms with Crippen LogP contribution in [0.2, 0.25) is 0 Å². The molecule has 1 aromatic carbocycles. The number of nitrogens with zero attached hydrogens (tertiary/aromatic N) is 1. The Morgan fingerprint density at radius 2 is 2.20 bits per heavy atom. The van der Waals surface area contributed by atoms with Gasteiger partial charge in [0.1, 0.15) is 24.3 Å². The van der Waals surface area contributed by atoms with Gasteiger partial charge in [-0.05, 0) is 12.1 Å². The van der Waals surface area contributed by atoms with Crippen LogP contribution >= 0.6 is 0 Å². The molecule has 0 atom stereocenters. The van der Waals surface area contributed by atoms with Crippen molar-refractivity contribution < 1.29 is 14.1 Å². The lowest BCUT2D eigenvalue weighted by Gasteiger charge is -2.05. The van der Waals surface area contributed by atoms with E-state index >= 15 is 0 Å². The highest BCUT2D eigenvalue weighted by Crippen LogP contribution is 2.16. The summed E-state index contributed by atoms with van der Waals surface area (Å²) >= 11 is 0. The fourth-order valence-electron chi connectivity index (χ4n) is 1.17. The van der Waals surface area contributed by atoms with Crippen molar-refractivity contribution in [3.05, 3.63) is 47.9 Å². The van der Waals surface area contributed by atoms with Gasteiger partial charge < -0.3 is 9.26 Å². The van der Waals surface area contributed by atoms with Gasteiger partial charge in [-0.1, -0.05) is 17.3 Å². The van der Waals surface area contributed by atoms with E-state index in [2.05, 4.69) is 9.68 Å². The Morgan fingerprint density at radius 1 is 1.33 bits per heavy atom. The molecule has 0 fully saturated rings. The summed E-state index contributed by atoms with van der Waals surface area (Å²) in [5.41, 5.74) is 1.22. The number of rotatable bonds is 4. The van der Waals surface area contributed by atoms with E-state index in [-0.39, 0.29) is 0 Å². The van der Waals surface area contributed by atoms with Crippen molar-refractivity contribution >= 4 is 6.29 Å². The van der Waals surface area contributed by atoms with Gasteiger partial charge in [0, 0.05) is 6.07 Å². The van der Waals surface area contributed by atoms with Gasteiger partial charge in [-0.25, -0.2) is 0 Å². The monoisotopic (exact) mass is 203 g/mol. The maximum Gasteiger partial charge on any atom is 0.153 e. The molecule has 1 aromatic heterocycles. The minimum atomic E-state index is 0.293. The number of carbonyl (C=O) groups is 1. The molecule has 4 nitrogen and oxygen atoms in total. The van der Waals surface area contributed by atoms with Crippen molar-refractivity contribution in [1.29, 1.82) is 0 Å². The average Bonchev–Trinajstić information content (AvgIpc) is 2.79. The quantitative estimate of drug-likeness (QED) is 0.714. The van der Waals surface area contributed by atoms with E-state index in [9.17, 15) is 4.79 Å². The molecule has 0 saturated heterocycles. The molecule has 2 rings (SSSR count). The molecule has 0 saturated carbocycles. The van der Waals surface area contributed by atoms with Gasteiger partial charge in [-0.2, -0.15) is 0 Å². The van der Waals surface area contributed by atoms with Crippen LogP contribution in [-0.2, 0) is 6.61 Å². The molecule has 0 aliphatic carbocycles. The van der Waals surface area contributed by atoms with E-state index in [4.69, 9.17) is 4.74 Å². The van der Waals surface area contributed by atoms with Crippen molar-refractivity contribution in [3.8, 4) is 5.75 Å². The summed E-state index contributed by atoms with van der Waals surface area (Å²) < 4.78 is 10.1. The zero-order valence-electron chi connectivity index (χ0n) is 7.92. The van der Waals surface area contributed by atoms with Crippen molar-refractivity contribution in [2.75, 3.05) is 0 Å². The Hall–Kier alpha value is -2.10. The summed E-state index contributed by atoms with van der Waals surface area (Å²) in [6, 6.07) is 8.75. The summed E-state index contributed by atoms with van der Waals surface area (Å²) in [6.45, 7) is 0.293. The highest BCUT2D eigenvalue weighted by Gasteiger charge is 2.02. The molecule has 0 aliphatic heterocycles. The van der Waals surface area contributed by atoms with Gasteiger partial charge in [0.2, 0.25) is 0 Å². The van der Waals surface area contributed by atoms with E-state index in [0.29, 0.717) is 23.6 Å². The van der Waals surface area contributed by atoms with Crippen LogP contribution in [0.5, 0.6) is 5.75 Å². The van der Waals surface area contributed by atoms with Gasteiger partial charge in [-0.15, -0.1) is 0 Å². The Kier molecular flexibility index (Phi) is 2.78. The molecule has 2 aromatic rings. The SMILES string of the molecule is O=Cc1ccccc1OCc1ccon1. The van der Waals surface area contributed by atoms with E-state index in [1.54, 1.807) is 24.3 Å². The summed E-state index contributed by atoms with van der Waals surface area (Å²) in [6.07, 6.45) is 2.24. The van der Waals surface area contributed by atoms with Crippen molar-refractivity contribution in [2.24, 2.45) is 0 Å². The molecular weight excluding hydrogens is 194 g/mol. The third-order valence-corrected chi connectivity index (χ3v) is 1.91. The maximum absolute atomic E-state index is 10.7. The van der Waals surface area contributed by atoms with Gasteiger partial charge in [0.15, 0.2) is 6.29 Å². The fourth-order valence-corrected chi connectivity index (χ4v) is 1.17. The molecule has 15 heavy (non-hydrogen) atoms. The van der Waals surface area contributed by atoms with Crippen LogP contribution in [-0.4, -0.2) is 11.4 Å². The first-order valence-electron chi connectivity index (χ1n) is 4.46. The largest absolute Gasteiger partial charge is 0.486 e. The lowest BCUT2D eigenvalue weighted by atomic mass is 10.2. The molecule has 4 heteroatoms. The molecule has 0 bridgehead atoms. The van der Waals surface area contributed by atoms with Gasteiger partial charge in [-0.3, -0.25) is 4.79 Å². The average molecular weight is 203 g/mol. The molecule has 1 heterocycles. The second-order valence-corrected chi connectivity index (χ2v) is 2.94. The summed E-state index contributed by atoms with van der Waals surface area (Å²) in [4.78, 5) is 10.7. The molecule has 0 aliphatic rings. The molecule has 0 N–H and O–H groups in total. The zero-order chi connectivity index (χ0) is 10.5. The Labute approximate surface area is 86.5 Å². The Balaban J connectivity index is 2.07. The molecule has 0 spiro atoms. The van der Waals surface area contributed by atoms with E-state index in [1.807, 2.05) is 6.07 Å². The number of ether oxygens (including phenoxy) is 1. The molecule has 76 valence electrons. The van der Waals surface area contributed by atoms with Crippen LogP contribution < -0.4 is 4.74 Å². The Morgan fingerprint density at radius 3 is 2.93 bits per heavy atom. The van der Waals surface area contributed by atoms with Gasteiger partial charge in [0.25, 0.3) is 0 Å². The third kappa shape index (κ3) is 2.22. The Bertz CT molecular complexity index is 437. The van der Waals surface area contributed by atoms with Crippen molar-refractivity contribution in [3.63, 3.8) is 0 Å². The normalized spacial score (nSPS) is 9.87. The molecule has 0 unspecified atom stereocenters. The smallest absolute Gasteiger partial charge is 0.153 e. The second kappa shape index (κ2) is 4.41. The van der Waals surface area contributed by atoms with Crippen molar-refractivity contribution in [2.45, 2.75) is 6.61 Å². The topological polar surface area (TPSA) is 52.3 Å². The van der Waals surface area contributed by atoms with Crippen LogP contribution in [0.3, 0.4) is 0 Å². The lowest BCUT2D eigenvalue weighted by molar-refractivity contribution is 0.111. The molecular formula is C11H9NO3. The van der Waals surface area contributed by atoms with Crippen LogP contribution in [0.1, 0.15) is 16.1 Å². The number of para-hydroxylation sites is 1. The first-order chi connectivity index (χ1) is 7.40. The molecule has 0 amide bonds. The number of aldehydes is 1. The first-order valence-corrected chi connectivity index (χ1v) is 4.46. The second-order valence-electron chi connectivity index (χ2n) is 2.94. The third-order valence-electron chi connectivity index (χ3n) is 1.91. The molecule has 0 radical (unpaired) electrons. The lowest BCUT2D eigenvalue weighted by Crippen LogP contribution is -1.97. The van der Waals surface area contributed by atoms with E-state index in [1.165, 1.54) is 6.26 Å². The number of carbonyl (C=O) groups excluding carboxylic acids is 1. The number of aromatic nitrogens is 1. The van der Waals surface area contributed by atoms with E-state index in [0.717, 1.165) is 6.29 Å². The van der Waals surface area contributed by atoms with Crippen LogP contribution in [0.15, 0.2) is 41.1 Å². The minimum absolute atomic E-state index is 0.293. The van der Waals surface area contributed by atoms with Gasteiger partial charge in [0.05, 0.1) is 5.56 Å². The summed E-state index contributed by atoms with van der Waals surface area (Å²) in [5.74, 6) is 0.551. The number of benzene rings is 1. The predicted molar refractivity (Wildman–Crippen MR) is 52.7 cm³/mol. The highest BCUT2D eigenvalue weighted by molar-refractivity contribution is 5.79. The summed E-state index contributed by atoms with van der Waals surface area (Å²) in [7, 11) is 0. The predicted octanol–water partition coefficient (Wildman–Crippen LogP) is 2.07. The van der Waals surface area contributed by atoms with Crippen LogP contribution in [0.4, 0.5) is 0 Å². The van der Waals surface area contributed by atoms with E-state index < -0.39 is 0 Å². The zero-order valence-corrected chi connectivity index (χ0v) is 7.92. The minimum Gasteiger partial charge on any atom is -0.486 e. The van der Waals surface area contributed by atoms with Crippen LogP contribution in [0.25, 0.3) is 0 Å². The maximum atomic E-state index is 10.7. The van der Waals surface area contributed by atoms with Gasteiger partial charge >= 0.3 is 0 Å². The number of hydrogen-bond acceptors (Lipinski definition) is 4. The van der Waals surface area contributed by atoms with Crippen LogP contribution in [0, 0.1) is 0 Å². The fraction of sp³-hybridized carbons (Fsp3) is 0.0909. The number of hydrogen-bond donors (Lipinski definition) is 0.